The average Bonchev–Trinajstić information content (AvgIpc) is 2.77. The Hall–Kier alpha value is -3.40. The highest BCUT2D eigenvalue weighted by atomic mass is 32.2. The molecule has 0 aliphatic heterocycles. The van der Waals surface area contributed by atoms with E-state index < -0.39 is 58.3 Å². The summed E-state index contributed by atoms with van der Waals surface area (Å²) in [5.74, 6) is -2.19. The second kappa shape index (κ2) is 12.3. The summed E-state index contributed by atoms with van der Waals surface area (Å²) in [6.07, 6.45) is -1.45. The topological polar surface area (TPSA) is 125 Å². The summed E-state index contributed by atoms with van der Waals surface area (Å²) in [5.41, 5.74) is 0.820. The number of carbonyl (C=O) groups excluding carboxylic acids is 3. The van der Waals surface area contributed by atoms with Gasteiger partial charge in [0.1, 0.15) is 24.9 Å². The minimum Gasteiger partial charge on any atom is -0.463 e. The van der Waals surface area contributed by atoms with Crippen molar-refractivity contribution >= 4 is 27.9 Å². The van der Waals surface area contributed by atoms with E-state index in [1.165, 1.54) is 12.1 Å². The molecule has 0 unspecified atom stereocenters. The fourth-order valence-corrected chi connectivity index (χ4v) is 3.91. The first-order valence-electron chi connectivity index (χ1n) is 11.0. The molecule has 0 aliphatic carbocycles. The van der Waals surface area contributed by atoms with Gasteiger partial charge in [0.15, 0.2) is 9.84 Å². The summed E-state index contributed by atoms with van der Waals surface area (Å²) in [5, 5.41) is 2.30. The Morgan fingerprint density at radius 3 is 2.17 bits per heavy atom. The molecule has 0 aromatic heterocycles. The van der Waals surface area contributed by atoms with Crippen LogP contribution in [0.3, 0.4) is 0 Å². The molecule has 0 heterocycles. The van der Waals surface area contributed by atoms with Gasteiger partial charge in [-0.15, -0.1) is 0 Å². The Bertz CT molecular complexity index is 1110. The number of hydrogen-bond acceptors (Lipinski definition) is 8. The Labute approximate surface area is 205 Å². The van der Waals surface area contributed by atoms with E-state index in [1.807, 2.05) is 13.0 Å². The Balaban J connectivity index is 1.99. The third kappa shape index (κ3) is 10.2. The maximum absolute atomic E-state index is 12.6. The molecular weight excluding hydrogens is 474 g/mol. The molecular formula is C25H31NO8S. The number of amides is 1. The molecule has 1 N–H and O–H groups in total. The maximum Gasteiger partial charge on any atom is 0.408 e. The van der Waals surface area contributed by atoms with Crippen molar-refractivity contribution in [3.8, 4) is 0 Å². The molecule has 35 heavy (non-hydrogen) atoms. The van der Waals surface area contributed by atoms with Gasteiger partial charge in [-0.05, 0) is 45.4 Å². The molecule has 0 bridgehead atoms. The predicted molar refractivity (Wildman–Crippen MR) is 128 cm³/mol. The summed E-state index contributed by atoms with van der Waals surface area (Å²) in [4.78, 5) is 37.2. The zero-order chi connectivity index (χ0) is 26.1. The van der Waals surface area contributed by atoms with Gasteiger partial charge in [0.25, 0.3) is 0 Å². The van der Waals surface area contributed by atoms with E-state index in [1.54, 1.807) is 57.2 Å². The number of nitrogens with one attached hydrogen (secondary N) is 1. The van der Waals surface area contributed by atoms with E-state index in [4.69, 9.17) is 14.2 Å². The van der Waals surface area contributed by atoms with Crippen LogP contribution in [-0.2, 0) is 40.2 Å². The van der Waals surface area contributed by atoms with Crippen LogP contribution in [0.5, 0.6) is 0 Å². The zero-order valence-corrected chi connectivity index (χ0v) is 21.1. The summed E-state index contributed by atoms with van der Waals surface area (Å²) in [6.45, 7) is 6.29. The molecule has 10 heteroatoms. The maximum atomic E-state index is 12.6. The van der Waals surface area contributed by atoms with Gasteiger partial charge >= 0.3 is 18.0 Å². The Morgan fingerprint density at radius 2 is 1.57 bits per heavy atom. The SMILES string of the molecule is Cc1ccc(S(=O)(=O)CCOC(=O)[C@H](CC(=O)OCc2ccccc2)NC(=O)OC(C)(C)C)cc1. The molecule has 2 aromatic carbocycles. The number of aryl methyl sites for hydroxylation is 1. The summed E-state index contributed by atoms with van der Waals surface area (Å²) < 4.78 is 40.4. The van der Waals surface area contributed by atoms with Crippen molar-refractivity contribution in [2.45, 2.75) is 57.3 Å². The minimum absolute atomic E-state index is 0.0112. The summed E-state index contributed by atoms with van der Waals surface area (Å²) >= 11 is 0. The third-order valence-electron chi connectivity index (χ3n) is 4.57. The standard InChI is InChI=1S/C25H31NO8S/c1-18-10-12-20(13-11-18)35(30,31)15-14-32-23(28)21(26-24(29)34-25(2,3)4)16-22(27)33-17-19-8-6-5-7-9-19/h5-13,21H,14-17H2,1-4H3,(H,26,29)/t21-/m0/s1. The fraction of sp³-hybridized carbons (Fsp3) is 0.400. The molecule has 0 saturated heterocycles. The van der Waals surface area contributed by atoms with Crippen molar-refractivity contribution in [1.82, 2.24) is 5.32 Å². The average molecular weight is 506 g/mol. The van der Waals surface area contributed by atoms with Crippen LogP contribution in [0.2, 0.25) is 0 Å². The molecule has 0 saturated carbocycles. The lowest BCUT2D eigenvalue weighted by Crippen LogP contribution is -2.45. The molecule has 2 rings (SSSR count). The lowest BCUT2D eigenvalue weighted by atomic mass is 10.2. The van der Waals surface area contributed by atoms with Crippen molar-refractivity contribution in [2.75, 3.05) is 12.4 Å². The molecule has 0 fully saturated rings. The first kappa shape index (κ1) is 27.8. The van der Waals surface area contributed by atoms with Crippen LogP contribution in [0.4, 0.5) is 4.79 Å². The second-order valence-electron chi connectivity index (χ2n) is 8.85. The number of benzene rings is 2. The Kier molecular flexibility index (Phi) is 9.82. The smallest absolute Gasteiger partial charge is 0.408 e. The number of hydrogen-bond donors (Lipinski definition) is 1. The van der Waals surface area contributed by atoms with Gasteiger partial charge in [0.2, 0.25) is 0 Å². The Morgan fingerprint density at radius 1 is 0.943 bits per heavy atom. The van der Waals surface area contributed by atoms with Gasteiger partial charge in [-0.2, -0.15) is 0 Å². The molecule has 0 aliphatic rings. The van der Waals surface area contributed by atoms with E-state index in [0.29, 0.717) is 0 Å². The van der Waals surface area contributed by atoms with Crippen LogP contribution >= 0.6 is 0 Å². The molecule has 1 atom stereocenters. The van der Waals surface area contributed by atoms with Crippen molar-refractivity contribution in [2.24, 2.45) is 0 Å². The lowest BCUT2D eigenvalue weighted by molar-refractivity contribution is -0.153. The zero-order valence-electron chi connectivity index (χ0n) is 20.3. The molecule has 0 spiro atoms. The van der Waals surface area contributed by atoms with Gasteiger partial charge in [-0.1, -0.05) is 48.0 Å². The molecule has 1 amide bonds. The van der Waals surface area contributed by atoms with E-state index >= 15 is 0 Å². The molecule has 190 valence electrons. The first-order chi connectivity index (χ1) is 16.4. The van der Waals surface area contributed by atoms with Crippen molar-refractivity contribution in [3.63, 3.8) is 0 Å². The predicted octanol–water partition coefficient (Wildman–Crippen LogP) is 3.34. The van der Waals surface area contributed by atoms with Crippen LogP contribution in [0.15, 0.2) is 59.5 Å². The monoisotopic (exact) mass is 505 g/mol. The minimum atomic E-state index is -3.69. The summed E-state index contributed by atoms with van der Waals surface area (Å²) in [7, 11) is -3.69. The van der Waals surface area contributed by atoms with E-state index in [-0.39, 0.29) is 11.5 Å². The van der Waals surface area contributed by atoms with Gasteiger partial charge in [-0.3, -0.25) is 4.79 Å². The number of rotatable bonds is 10. The van der Waals surface area contributed by atoms with E-state index in [0.717, 1.165) is 11.1 Å². The fourth-order valence-electron chi connectivity index (χ4n) is 2.82. The van der Waals surface area contributed by atoms with Crippen LogP contribution in [0.1, 0.15) is 38.3 Å². The summed E-state index contributed by atoms with van der Waals surface area (Å²) in [6, 6.07) is 13.8. The second-order valence-corrected chi connectivity index (χ2v) is 11.0. The van der Waals surface area contributed by atoms with Crippen molar-refractivity contribution < 1.29 is 37.0 Å². The molecule has 2 aromatic rings. The van der Waals surface area contributed by atoms with Gasteiger partial charge in [0, 0.05) is 0 Å². The lowest BCUT2D eigenvalue weighted by Gasteiger charge is -2.22. The number of ether oxygens (including phenoxy) is 3. The van der Waals surface area contributed by atoms with Crippen LogP contribution in [-0.4, -0.2) is 50.5 Å². The van der Waals surface area contributed by atoms with E-state index in [9.17, 15) is 22.8 Å². The number of carbonyl (C=O) groups is 3. The van der Waals surface area contributed by atoms with Crippen LogP contribution in [0, 0.1) is 6.92 Å². The van der Waals surface area contributed by atoms with Gasteiger partial charge < -0.3 is 19.5 Å². The van der Waals surface area contributed by atoms with Gasteiger partial charge in [0.05, 0.1) is 17.1 Å². The third-order valence-corrected chi connectivity index (χ3v) is 6.26. The van der Waals surface area contributed by atoms with Crippen molar-refractivity contribution in [1.29, 1.82) is 0 Å². The quantitative estimate of drug-likeness (QED) is 0.385. The molecule has 9 nitrogen and oxygen atoms in total. The van der Waals surface area contributed by atoms with Crippen LogP contribution in [0.25, 0.3) is 0 Å². The normalized spacial score (nSPS) is 12.3. The first-order valence-corrected chi connectivity index (χ1v) is 12.7. The van der Waals surface area contributed by atoms with Crippen LogP contribution < -0.4 is 5.32 Å². The van der Waals surface area contributed by atoms with E-state index in [2.05, 4.69) is 5.32 Å². The van der Waals surface area contributed by atoms with Gasteiger partial charge in [-0.25, -0.2) is 18.0 Å². The largest absolute Gasteiger partial charge is 0.463 e. The highest BCUT2D eigenvalue weighted by Gasteiger charge is 2.29. The molecule has 0 radical (unpaired) electrons. The highest BCUT2D eigenvalue weighted by Crippen LogP contribution is 2.13. The number of esters is 2. The number of sulfone groups is 1. The van der Waals surface area contributed by atoms with Crippen molar-refractivity contribution in [3.05, 3.63) is 65.7 Å². The number of alkyl carbamates (subject to hydrolysis) is 1. The highest BCUT2D eigenvalue weighted by molar-refractivity contribution is 7.91.